The Morgan fingerprint density at radius 3 is 2.00 bits per heavy atom. The lowest BCUT2D eigenvalue weighted by molar-refractivity contribution is -0.151. The van der Waals surface area contributed by atoms with Crippen LogP contribution in [-0.4, -0.2) is 35.7 Å². The highest BCUT2D eigenvalue weighted by atomic mass is 16.6. The van der Waals surface area contributed by atoms with Crippen molar-refractivity contribution in [1.82, 2.24) is 10.6 Å². The van der Waals surface area contributed by atoms with E-state index in [4.69, 9.17) is 14.2 Å². The van der Waals surface area contributed by atoms with Crippen molar-refractivity contribution in [3.8, 4) is 0 Å². The number of hydrogen-bond acceptors (Lipinski definition) is 6. The summed E-state index contributed by atoms with van der Waals surface area (Å²) < 4.78 is 16.8. The molecule has 0 unspecified atom stereocenters. The Balaban J connectivity index is 1.53. The number of benzene rings is 3. The van der Waals surface area contributed by atoms with Gasteiger partial charge in [-0.1, -0.05) is 84.4 Å². The zero-order chi connectivity index (χ0) is 29.8. The van der Waals surface area contributed by atoms with Crippen molar-refractivity contribution in [1.29, 1.82) is 0 Å². The number of nitrogens with one attached hydrogen (secondary N) is 2. The highest BCUT2D eigenvalue weighted by molar-refractivity contribution is 5.82. The monoisotopic (exact) mass is 560 g/mol. The molecule has 8 nitrogen and oxygen atoms in total. The Morgan fingerprint density at radius 2 is 1.37 bits per heavy atom. The van der Waals surface area contributed by atoms with Crippen LogP contribution in [0, 0.1) is 6.92 Å². The first-order chi connectivity index (χ1) is 19.5. The fourth-order valence-corrected chi connectivity index (χ4v) is 3.85. The van der Waals surface area contributed by atoms with Crippen LogP contribution in [0.1, 0.15) is 55.5 Å². The van der Waals surface area contributed by atoms with E-state index in [-0.39, 0.29) is 25.5 Å². The number of amides is 2. The summed E-state index contributed by atoms with van der Waals surface area (Å²) in [5.74, 6) is -0.721. The van der Waals surface area contributed by atoms with Gasteiger partial charge in [0.15, 0.2) is 6.04 Å². The van der Waals surface area contributed by atoms with Gasteiger partial charge in [0, 0.05) is 6.54 Å². The highest BCUT2D eigenvalue weighted by Gasteiger charge is 2.31. The van der Waals surface area contributed by atoms with Crippen LogP contribution in [-0.2, 0) is 50.0 Å². The lowest BCUT2D eigenvalue weighted by Gasteiger charge is -2.26. The predicted octanol–water partition coefficient (Wildman–Crippen LogP) is 5.40. The first-order valence-corrected chi connectivity index (χ1v) is 13.7. The van der Waals surface area contributed by atoms with Crippen LogP contribution >= 0.6 is 0 Å². The third-order valence-electron chi connectivity index (χ3n) is 6.13. The van der Waals surface area contributed by atoms with Crippen LogP contribution < -0.4 is 10.6 Å². The number of rotatable bonds is 12. The molecule has 0 bridgehead atoms. The maximum absolute atomic E-state index is 13.1. The molecule has 3 aromatic rings. The van der Waals surface area contributed by atoms with Gasteiger partial charge in [-0.05, 0) is 56.9 Å². The molecule has 2 amide bonds. The van der Waals surface area contributed by atoms with Crippen molar-refractivity contribution >= 4 is 18.0 Å². The summed E-state index contributed by atoms with van der Waals surface area (Å²) in [6.07, 6.45) is -1.18. The molecule has 0 saturated carbocycles. The molecule has 2 N–H and O–H groups in total. The molecule has 2 atom stereocenters. The lowest BCUT2D eigenvalue weighted by atomic mass is 10.1. The van der Waals surface area contributed by atoms with Crippen LogP contribution in [0.3, 0.4) is 0 Å². The van der Waals surface area contributed by atoms with Crippen molar-refractivity contribution < 1.29 is 28.6 Å². The summed E-state index contributed by atoms with van der Waals surface area (Å²) in [7, 11) is 0. The second-order valence-electron chi connectivity index (χ2n) is 11.0. The van der Waals surface area contributed by atoms with Gasteiger partial charge in [-0.3, -0.25) is 4.79 Å². The van der Waals surface area contributed by atoms with Gasteiger partial charge >= 0.3 is 12.1 Å². The third kappa shape index (κ3) is 11.5. The molecule has 0 heterocycles. The normalized spacial score (nSPS) is 12.6. The Bertz CT molecular complexity index is 1270. The predicted molar refractivity (Wildman–Crippen MR) is 157 cm³/mol. The van der Waals surface area contributed by atoms with Crippen LogP contribution in [0.4, 0.5) is 4.79 Å². The molecular weight excluding hydrogens is 520 g/mol. The van der Waals surface area contributed by atoms with E-state index in [1.54, 1.807) is 27.7 Å². The number of aryl methyl sites for hydroxylation is 1. The van der Waals surface area contributed by atoms with Crippen LogP contribution in [0.15, 0.2) is 78.9 Å². The molecule has 8 heteroatoms. The van der Waals surface area contributed by atoms with Gasteiger partial charge in [0.25, 0.3) is 0 Å². The van der Waals surface area contributed by atoms with Gasteiger partial charge in [-0.15, -0.1) is 0 Å². The SMILES string of the molecule is Cc1ccc(CNC(=O)Cc2ccc(COC(=O)[C@H](NC(=O)OC(C)(C)C)[C@H](C)OCc3ccccc3)cc2)cc1. The van der Waals surface area contributed by atoms with E-state index < -0.39 is 29.8 Å². The summed E-state index contributed by atoms with van der Waals surface area (Å²) in [6.45, 7) is 9.68. The summed E-state index contributed by atoms with van der Waals surface area (Å²) >= 11 is 0. The molecule has 3 rings (SSSR count). The Morgan fingerprint density at radius 1 is 0.780 bits per heavy atom. The molecule has 0 saturated heterocycles. The molecular formula is C33H40N2O6. The van der Waals surface area contributed by atoms with E-state index in [2.05, 4.69) is 10.6 Å². The molecule has 0 aliphatic carbocycles. The summed E-state index contributed by atoms with van der Waals surface area (Å²) in [5.41, 5.74) is 4.01. The summed E-state index contributed by atoms with van der Waals surface area (Å²) in [5, 5.41) is 5.53. The molecule has 3 aromatic carbocycles. The van der Waals surface area contributed by atoms with Crippen LogP contribution in [0.25, 0.3) is 0 Å². The molecule has 0 aliphatic heterocycles. The van der Waals surface area contributed by atoms with Crippen molar-refractivity contribution in [2.75, 3.05) is 0 Å². The number of ether oxygens (including phenoxy) is 3. The highest BCUT2D eigenvalue weighted by Crippen LogP contribution is 2.13. The van der Waals surface area contributed by atoms with Crippen LogP contribution in [0.2, 0.25) is 0 Å². The van der Waals surface area contributed by atoms with Gasteiger partial charge < -0.3 is 24.8 Å². The fourth-order valence-electron chi connectivity index (χ4n) is 3.85. The molecule has 0 aromatic heterocycles. The molecule has 0 radical (unpaired) electrons. The zero-order valence-electron chi connectivity index (χ0n) is 24.4. The number of alkyl carbamates (subject to hydrolysis) is 1. The minimum absolute atomic E-state index is 0.00334. The second kappa shape index (κ2) is 15.0. The van der Waals surface area contributed by atoms with E-state index in [0.29, 0.717) is 6.54 Å². The molecule has 218 valence electrons. The average molecular weight is 561 g/mol. The van der Waals surface area contributed by atoms with Gasteiger partial charge in [-0.2, -0.15) is 0 Å². The molecule has 41 heavy (non-hydrogen) atoms. The van der Waals surface area contributed by atoms with E-state index in [1.807, 2.05) is 85.8 Å². The van der Waals surface area contributed by atoms with Crippen molar-refractivity contribution in [3.05, 3.63) is 107 Å². The fraction of sp³-hybridized carbons (Fsp3) is 0.364. The van der Waals surface area contributed by atoms with Gasteiger partial charge in [-0.25, -0.2) is 9.59 Å². The smallest absolute Gasteiger partial charge is 0.408 e. The molecule has 0 spiro atoms. The van der Waals surface area contributed by atoms with E-state index in [9.17, 15) is 14.4 Å². The third-order valence-corrected chi connectivity index (χ3v) is 6.13. The number of carbonyl (C=O) groups excluding carboxylic acids is 3. The summed E-state index contributed by atoms with van der Waals surface area (Å²) in [6, 6.07) is 23.8. The Kier molecular flexibility index (Phi) is 11.5. The maximum Gasteiger partial charge on any atom is 0.408 e. The minimum Gasteiger partial charge on any atom is -0.459 e. The van der Waals surface area contributed by atoms with Gasteiger partial charge in [0.2, 0.25) is 5.91 Å². The number of carbonyl (C=O) groups is 3. The van der Waals surface area contributed by atoms with E-state index in [0.717, 1.165) is 22.3 Å². The Labute approximate surface area is 242 Å². The van der Waals surface area contributed by atoms with Crippen molar-refractivity contribution in [2.45, 2.75) is 78.5 Å². The molecule has 0 aliphatic rings. The number of hydrogen-bond donors (Lipinski definition) is 2. The van der Waals surface area contributed by atoms with Gasteiger partial charge in [0.1, 0.15) is 12.2 Å². The maximum atomic E-state index is 13.1. The van der Waals surface area contributed by atoms with Crippen molar-refractivity contribution in [3.63, 3.8) is 0 Å². The first-order valence-electron chi connectivity index (χ1n) is 13.7. The topological polar surface area (TPSA) is 103 Å². The quantitative estimate of drug-likeness (QED) is 0.288. The van der Waals surface area contributed by atoms with E-state index in [1.165, 1.54) is 5.56 Å². The minimum atomic E-state index is -1.08. The average Bonchev–Trinajstić information content (AvgIpc) is 2.93. The summed E-state index contributed by atoms with van der Waals surface area (Å²) in [4.78, 5) is 37.9. The van der Waals surface area contributed by atoms with Crippen LogP contribution in [0.5, 0.6) is 0 Å². The standard InChI is InChI=1S/C33H40N2O6/c1-23-11-13-26(14-12-23)20-34-29(36)19-25-15-17-28(18-16-25)22-40-31(37)30(35-32(38)41-33(3,4)5)24(2)39-21-27-9-7-6-8-10-27/h6-18,24,30H,19-22H2,1-5H3,(H,34,36)(H,35,38)/t24-,30+/m0/s1. The van der Waals surface area contributed by atoms with Gasteiger partial charge in [0.05, 0.1) is 19.1 Å². The zero-order valence-corrected chi connectivity index (χ0v) is 24.4. The van der Waals surface area contributed by atoms with Crippen molar-refractivity contribution in [2.24, 2.45) is 0 Å². The lowest BCUT2D eigenvalue weighted by Crippen LogP contribution is -2.50. The first kappa shape index (κ1) is 31.4. The second-order valence-corrected chi connectivity index (χ2v) is 11.0. The Hall–Kier alpha value is -4.17. The van der Waals surface area contributed by atoms with E-state index >= 15 is 0 Å². The molecule has 0 fully saturated rings. The number of esters is 1. The largest absolute Gasteiger partial charge is 0.459 e.